The molecule has 2 heterocycles. The van der Waals surface area contributed by atoms with Crippen molar-refractivity contribution in [1.82, 2.24) is 15.5 Å². The van der Waals surface area contributed by atoms with E-state index in [9.17, 15) is 9.59 Å². The lowest BCUT2D eigenvalue weighted by atomic mass is 10.0. The highest BCUT2D eigenvalue weighted by atomic mass is 16.2. The Labute approximate surface area is 134 Å². The number of anilines is 1. The van der Waals surface area contributed by atoms with Crippen LogP contribution in [0.1, 0.15) is 40.0 Å². The second kappa shape index (κ2) is 6.75. The lowest BCUT2D eigenvalue weighted by Crippen LogP contribution is -2.24. The van der Waals surface area contributed by atoms with Crippen molar-refractivity contribution in [1.29, 1.82) is 0 Å². The number of fused-ring (bicyclic) bond motifs is 1. The van der Waals surface area contributed by atoms with Gasteiger partial charge in [0.1, 0.15) is 0 Å². The molecule has 0 spiro atoms. The van der Waals surface area contributed by atoms with Crippen LogP contribution >= 0.6 is 0 Å². The van der Waals surface area contributed by atoms with Crippen LogP contribution in [0, 0.1) is 6.92 Å². The summed E-state index contributed by atoms with van der Waals surface area (Å²) < 4.78 is 0. The highest BCUT2D eigenvalue weighted by Gasteiger charge is 2.18. The first-order valence-electron chi connectivity index (χ1n) is 7.80. The number of hydrogen-bond donors (Lipinski definition) is 3. The van der Waals surface area contributed by atoms with Gasteiger partial charge in [0.05, 0.1) is 5.69 Å². The van der Waals surface area contributed by atoms with Crippen molar-refractivity contribution < 1.29 is 9.59 Å². The number of amides is 1. The topological polar surface area (TPSA) is 86.9 Å². The van der Waals surface area contributed by atoms with Crippen molar-refractivity contribution in [2.75, 3.05) is 11.9 Å². The summed E-state index contributed by atoms with van der Waals surface area (Å²) in [4.78, 5) is 24.1. The van der Waals surface area contributed by atoms with E-state index in [0.717, 1.165) is 36.3 Å². The summed E-state index contributed by atoms with van der Waals surface area (Å²) in [6.07, 6.45) is 1.19. The number of carbonyl (C=O) groups is 2. The summed E-state index contributed by atoms with van der Waals surface area (Å²) in [5, 5.41) is 13.1. The molecule has 3 rings (SSSR count). The number of H-pyrrole nitrogens is 1. The van der Waals surface area contributed by atoms with Crippen LogP contribution in [0.25, 0.3) is 0 Å². The number of rotatable bonds is 5. The monoisotopic (exact) mass is 312 g/mol. The van der Waals surface area contributed by atoms with Crippen LogP contribution in [-0.2, 0) is 17.8 Å². The number of aromatic amines is 1. The van der Waals surface area contributed by atoms with Gasteiger partial charge in [0, 0.05) is 30.5 Å². The second-order valence-corrected chi connectivity index (χ2v) is 5.79. The number of aromatic nitrogens is 2. The Morgan fingerprint density at radius 2 is 2.00 bits per heavy atom. The van der Waals surface area contributed by atoms with Crippen LogP contribution in [0.2, 0.25) is 0 Å². The van der Waals surface area contributed by atoms with Crippen molar-refractivity contribution >= 4 is 17.5 Å². The maximum absolute atomic E-state index is 12.1. The van der Waals surface area contributed by atoms with E-state index in [-0.39, 0.29) is 24.5 Å². The van der Waals surface area contributed by atoms with Crippen molar-refractivity contribution in [3.8, 4) is 0 Å². The smallest absolute Gasteiger partial charge is 0.226 e. The summed E-state index contributed by atoms with van der Waals surface area (Å²) in [5.74, 6) is 0.390. The summed E-state index contributed by atoms with van der Waals surface area (Å²) in [6.45, 7) is 3.59. The number of Topliss-reactive ketones (excluding diaryl/α,β-unsaturated/α-hetero) is 1. The molecule has 0 saturated heterocycles. The Morgan fingerprint density at radius 3 is 2.78 bits per heavy atom. The van der Waals surface area contributed by atoms with E-state index < -0.39 is 0 Å². The molecule has 23 heavy (non-hydrogen) atoms. The molecule has 0 fully saturated rings. The summed E-state index contributed by atoms with van der Waals surface area (Å²) in [6, 6.07) is 7.40. The Morgan fingerprint density at radius 1 is 1.22 bits per heavy atom. The predicted molar refractivity (Wildman–Crippen MR) is 87.4 cm³/mol. The van der Waals surface area contributed by atoms with Gasteiger partial charge < -0.3 is 10.6 Å². The zero-order valence-electron chi connectivity index (χ0n) is 13.1. The molecule has 3 N–H and O–H groups in total. The van der Waals surface area contributed by atoms with Crippen LogP contribution < -0.4 is 10.6 Å². The number of nitrogens with one attached hydrogen (secondary N) is 3. The average molecular weight is 312 g/mol. The number of carbonyl (C=O) groups excluding carboxylic acids is 2. The molecule has 1 aliphatic rings. The normalized spacial score (nSPS) is 13.4. The van der Waals surface area contributed by atoms with E-state index in [4.69, 9.17) is 0 Å². The molecule has 0 bridgehead atoms. The SMILES string of the molecule is Cc1ccc(C(=O)CCC(=O)Nc2n[nH]c3c2CCNC3)cc1. The first kappa shape index (κ1) is 15.4. The number of benzene rings is 1. The van der Waals surface area contributed by atoms with Crippen LogP contribution in [0.3, 0.4) is 0 Å². The van der Waals surface area contributed by atoms with E-state index in [2.05, 4.69) is 20.8 Å². The third kappa shape index (κ3) is 3.65. The fourth-order valence-electron chi connectivity index (χ4n) is 2.65. The van der Waals surface area contributed by atoms with Gasteiger partial charge in [-0.1, -0.05) is 29.8 Å². The highest BCUT2D eigenvalue weighted by molar-refractivity contribution is 6.00. The standard InChI is InChI=1S/C17H20N4O2/c1-11-2-4-12(5-3-11)15(22)6-7-16(23)19-17-13-8-9-18-10-14(13)20-21-17/h2-5,18H,6-10H2,1H3,(H2,19,20,21,23). The molecule has 0 atom stereocenters. The fourth-order valence-corrected chi connectivity index (χ4v) is 2.65. The summed E-state index contributed by atoms with van der Waals surface area (Å²) in [5.41, 5.74) is 3.83. The fraction of sp³-hybridized carbons (Fsp3) is 0.353. The minimum atomic E-state index is -0.182. The zero-order valence-corrected chi connectivity index (χ0v) is 13.1. The maximum atomic E-state index is 12.1. The Hall–Kier alpha value is -2.47. The van der Waals surface area contributed by atoms with Crippen LogP contribution in [0.4, 0.5) is 5.82 Å². The van der Waals surface area contributed by atoms with Crippen molar-refractivity contribution in [2.24, 2.45) is 0 Å². The molecule has 6 nitrogen and oxygen atoms in total. The zero-order chi connectivity index (χ0) is 16.2. The van der Waals surface area contributed by atoms with E-state index in [1.165, 1.54) is 0 Å². The molecule has 0 unspecified atom stereocenters. The molecule has 0 saturated carbocycles. The van der Waals surface area contributed by atoms with Gasteiger partial charge in [0.15, 0.2) is 11.6 Å². The molecule has 120 valence electrons. The van der Waals surface area contributed by atoms with Crippen molar-refractivity contribution in [3.05, 3.63) is 46.6 Å². The Balaban J connectivity index is 1.54. The first-order chi connectivity index (χ1) is 11.1. The van der Waals surface area contributed by atoms with Gasteiger partial charge >= 0.3 is 0 Å². The van der Waals surface area contributed by atoms with Gasteiger partial charge in [-0.2, -0.15) is 5.10 Å². The number of hydrogen-bond acceptors (Lipinski definition) is 4. The maximum Gasteiger partial charge on any atom is 0.226 e. The lowest BCUT2D eigenvalue weighted by Gasteiger charge is -2.13. The van der Waals surface area contributed by atoms with Gasteiger partial charge in [0.25, 0.3) is 0 Å². The molecule has 1 amide bonds. The highest BCUT2D eigenvalue weighted by Crippen LogP contribution is 2.20. The third-order valence-corrected chi connectivity index (χ3v) is 4.02. The van der Waals surface area contributed by atoms with Crippen LogP contribution in [0.15, 0.2) is 24.3 Å². The molecule has 6 heteroatoms. The molecule has 0 radical (unpaired) electrons. The van der Waals surface area contributed by atoms with E-state index >= 15 is 0 Å². The molecule has 0 aliphatic carbocycles. The molecule has 1 aliphatic heterocycles. The quantitative estimate of drug-likeness (QED) is 0.737. The molecule has 1 aromatic carbocycles. The molecule has 2 aromatic rings. The summed E-state index contributed by atoms with van der Waals surface area (Å²) in [7, 11) is 0. The first-order valence-corrected chi connectivity index (χ1v) is 7.80. The van der Waals surface area contributed by atoms with E-state index in [1.807, 2.05) is 19.1 Å². The minimum Gasteiger partial charge on any atom is -0.311 e. The van der Waals surface area contributed by atoms with Gasteiger partial charge in [-0.25, -0.2) is 0 Å². The Kier molecular flexibility index (Phi) is 4.52. The van der Waals surface area contributed by atoms with Crippen molar-refractivity contribution in [2.45, 2.75) is 32.7 Å². The average Bonchev–Trinajstić information content (AvgIpc) is 2.96. The summed E-state index contributed by atoms with van der Waals surface area (Å²) >= 11 is 0. The molecular weight excluding hydrogens is 292 g/mol. The van der Waals surface area contributed by atoms with Gasteiger partial charge in [-0.3, -0.25) is 14.7 Å². The number of aryl methyl sites for hydroxylation is 1. The molecule has 1 aromatic heterocycles. The minimum absolute atomic E-state index is 0.0200. The Bertz CT molecular complexity index is 719. The van der Waals surface area contributed by atoms with Crippen LogP contribution in [-0.4, -0.2) is 28.4 Å². The van der Waals surface area contributed by atoms with Crippen molar-refractivity contribution in [3.63, 3.8) is 0 Å². The van der Waals surface area contributed by atoms with Gasteiger partial charge in [0.2, 0.25) is 5.91 Å². The molecular formula is C17H20N4O2. The van der Waals surface area contributed by atoms with E-state index in [1.54, 1.807) is 12.1 Å². The predicted octanol–water partition coefficient (Wildman–Crippen LogP) is 1.97. The largest absolute Gasteiger partial charge is 0.311 e. The number of nitrogens with zero attached hydrogens (tertiary/aromatic N) is 1. The van der Waals surface area contributed by atoms with Gasteiger partial charge in [-0.05, 0) is 19.9 Å². The number of ketones is 1. The third-order valence-electron chi connectivity index (χ3n) is 4.02. The van der Waals surface area contributed by atoms with Gasteiger partial charge in [-0.15, -0.1) is 0 Å². The van der Waals surface area contributed by atoms with E-state index in [0.29, 0.717) is 11.4 Å². The lowest BCUT2D eigenvalue weighted by molar-refractivity contribution is -0.116. The van der Waals surface area contributed by atoms with Crippen LogP contribution in [0.5, 0.6) is 0 Å². The second-order valence-electron chi connectivity index (χ2n) is 5.79.